The number of nitrogens with zero attached hydrogens (tertiary/aromatic N) is 8. The summed E-state index contributed by atoms with van der Waals surface area (Å²) in [5.74, 6) is -1.19. The Bertz CT molecular complexity index is 2810. The van der Waals surface area contributed by atoms with Gasteiger partial charge in [-0.1, -0.05) is 36.4 Å². The van der Waals surface area contributed by atoms with Gasteiger partial charge in [0.15, 0.2) is 5.65 Å². The molecule has 3 saturated heterocycles. The number of ether oxygens (including phenoxy) is 1. The third-order valence-electron chi connectivity index (χ3n) is 12.8. The number of aromatic nitrogens is 4. The Morgan fingerprint density at radius 3 is 2.38 bits per heavy atom. The van der Waals surface area contributed by atoms with E-state index in [1.165, 1.54) is 31.1 Å². The van der Waals surface area contributed by atoms with Gasteiger partial charge in [-0.15, -0.1) is 0 Å². The second kappa shape index (κ2) is 16.7. The minimum Gasteiger partial charge on any atom is -0.496 e. The van der Waals surface area contributed by atoms with Crippen LogP contribution in [0.15, 0.2) is 91.3 Å². The van der Waals surface area contributed by atoms with Gasteiger partial charge in [-0.2, -0.15) is 5.10 Å². The number of fused-ring (bicyclic) bond motifs is 2. The largest absolute Gasteiger partial charge is 0.496 e. The molecule has 0 saturated carbocycles. The number of anilines is 3. The van der Waals surface area contributed by atoms with Gasteiger partial charge in [0.05, 0.1) is 18.1 Å². The van der Waals surface area contributed by atoms with Gasteiger partial charge >= 0.3 is 0 Å². The van der Waals surface area contributed by atoms with Crippen molar-refractivity contribution in [2.45, 2.75) is 51.1 Å². The molecule has 326 valence electrons. The molecule has 4 aromatic carbocycles. The van der Waals surface area contributed by atoms with E-state index in [-0.39, 0.29) is 36.5 Å². The Morgan fingerprint density at radius 1 is 0.875 bits per heavy atom. The zero-order valence-electron chi connectivity index (χ0n) is 35.2. The molecule has 6 aromatic rings. The van der Waals surface area contributed by atoms with E-state index in [4.69, 9.17) is 15.6 Å². The Labute approximate surface area is 367 Å². The lowest BCUT2D eigenvalue weighted by Gasteiger charge is -2.42. The summed E-state index contributed by atoms with van der Waals surface area (Å²) in [5, 5.41) is 11.0. The lowest BCUT2D eigenvalue weighted by Crippen LogP contribution is -2.52. The van der Waals surface area contributed by atoms with Crippen LogP contribution >= 0.6 is 0 Å². The van der Waals surface area contributed by atoms with E-state index in [0.29, 0.717) is 46.8 Å². The first-order valence-corrected chi connectivity index (χ1v) is 21.4. The molecule has 10 rings (SSSR count). The van der Waals surface area contributed by atoms with E-state index < -0.39 is 23.7 Å². The normalized spacial score (nSPS) is 18.8. The van der Waals surface area contributed by atoms with E-state index in [2.05, 4.69) is 65.6 Å². The predicted octanol–water partition coefficient (Wildman–Crippen LogP) is 4.65. The van der Waals surface area contributed by atoms with Crippen LogP contribution in [0.1, 0.15) is 62.8 Å². The number of nitrogens with two attached hydrogens (primary N) is 1. The lowest BCUT2D eigenvalue weighted by atomic mass is 10.0. The minimum absolute atomic E-state index is 0.0726. The number of piperidine rings is 1. The summed E-state index contributed by atoms with van der Waals surface area (Å²) in [5.41, 5.74) is 14.5. The first kappa shape index (κ1) is 40.7. The van der Waals surface area contributed by atoms with Crippen molar-refractivity contribution in [1.29, 1.82) is 0 Å². The number of piperazine rings is 1. The Kier molecular flexibility index (Phi) is 10.6. The van der Waals surface area contributed by atoms with E-state index in [1.54, 1.807) is 4.90 Å². The van der Waals surface area contributed by atoms with Gasteiger partial charge in [-0.3, -0.25) is 29.4 Å². The first-order chi connectivity index (χ1) is 31.1. The van der Waals surface area contributed by atoms with Crippen LogP contribution in [0.25, 0.3) is 22.3 Å². The highest BCUT2D eigenvalue weighted by molar-refractivity contribution is 6.05. The Balaban J connectivity index is 0.763. The summed E-state index contributed by atoms with van der Waals surface area (Å²) in [6.45, 7) is 5.75. The van der Waals surface area contributed by atoms with Gasteiger partial charge in [0.25, 0.3) is 11.8 Å². The van der Waals surface area contributed by atoms with Gasteiger partial charge < -0.3 is 30.5 Å². The number of imide groups is 1. The summed E-state index contributed by atoms with van der Waals surface area (Å²) >= 11 is 0. The van der Waals surface area contributed by atoms with E-state index in [0.717, 1.165) is 79.8 Å². The molecule has 1 unspecified atom stereocenters. The molecular formula is C47H46FN11O5. The molecule has 64 heavy (non-hydrogen) atoms. The number of carbonyl (C=O) groups excluding carboxylic acids is 4. The summed E-state index contributed by atoms with van der Waals surface area (Å²) in [4.78, 5) is 67.8. The second-order valence-electron chi connectivity index (χ2n) is 16.6. The van der Waals surface area contributed by atoms with Crippen molar-refractivity contribution in [3.63, 3.8) is 0 Å². The molecule has 6 heterocycles. The highest BCUT2D eigenvalue weighted by atomic mass is 19.1. The molecule has 2 atom stereocenters. The van der Waals surface area contributed by atoms with E-state index in [9.17, 15) is 23.6 Å². The zero-order chi connectivity index (χ0) is 44.1. The van der Waals surface area contributed by atoms with Crippen molar-refractivity contribution in [3.8, 4) is 17.0 Å². The standard InChI is InChI=1S/C47H46FN11O5/c1-64-38-14-8-32(48)23-36(38)45(61)50-24-28-2-6-30(7-3-28)42-41-43(49)51-27-52-44(41)59(54-42)40-16-17-57(40)33-9-4-29(5-10-33)25-55-18-20-56(21-19-55)34-11-12-35-31(22-34)26-58(47(35)63)37-13-15-39(60)53-46(37)62/h2-12,14,22-23,27,37,40H,13,15-21,24-26H2,1H3,(H,50,61)(H2,49,51,52)(H,53,60,62)/t37?,40-/m0/s1. The number of rotatable bonds is 11. The third-order valence-corrected chi connectivity index (χ3v) is 12.8. The molecule has 4 aliphatic heterocycles. The molecule has 3 fully saturated rings. The highest BCUT2D eigenvalue weighted by Gasteiger charge is 2.39. The molecule has 2 aromatic heterocycles. The summed E-state index contributed by atoms with van der Waals surface area (Å²) < 4.78 is 21.0. The number of hydrogen-bond donors (Lipinski definition) is 3. The van der Waals surface area contributed by atoms with Crippen LogP contribution in [-0.4, -0.2) is 99.1 Å². The summed E-state index contributed by atoms with van der Waals surface area (Å²) in [6.07, 6.45) is 2.85. The number of methoxy groups -OCH3 is 1. The zero-order valence-corrected chi connectivity index (χ0v) is 35.2. The van der Waals surface area contributed by atoms with Crippen molar-refractivity contribution in [2.24, 2.45) is 0 Å². The number of halogens is 1. The monoisotopic (exact) mass is 863 g/mol. The van der Waals surface area contributed by atoms with Gasteiger partial charge in [-0.25, -0.2) is 19.0 Å². The van der Waals surface area contributed by atoms with Crippen LogP contribution in [0.5, 0.6) is 5.75 Å². The number of hydrogen-bond acceptors (Lipinski definition) is 12. The van der Waals surface area contributed by atoms with Crippen LogP contribution in [0.4, 0.5) is 21.6 Å². The molecule has 4 aliphatic rings. The van der Waals surface area contributed by atoms with Crippen LogP contribution in [0.2, 0.25) is 0 Å². The average molecular weight is 864 g/mol. The molecule has 0 spiro atoms. The third kappa shape index (κ3) is 7.61. The van der Waals surface area contributed by atoms with Gasteiger partial charge in [0.1, 0.15) is 41.6 Å². The highest BCUT2D eigenvalue weighted by Crippen LogP contribution is 2.39. The van der Waals surface area contributed by atoms with Gasteiger partial charge in [-0.05, 0) is 71.6 Å². The number of benzene rings is 4. The van der Waals surface area contributed by atoms with Gasteiger partial charge in [0.2, 0.25) is 11.8 Å². The van der Waals surface area contributed by atoms with Crippen LogP contribution in [0, 0.1) is 5.82 Å². The maximum Gasteiger partial charge on any atom is 0.255 e. The Hall–Kier alpha value is -7.40. The molecule has 0 bridgehead atoms. The lowest BCUT2D eigenvalue weighted by molar-refractivity contribution is -0.136. The smallest absolute Gasteiger partial charge is 0.255 e. The van der Waals surface area contributed by atoms with E-state index >= 15 is 0 Å². The van der Waals surface area contributed by atoms with Crippen molar-refractivity contribution in [3.05, 3.63) is 125 Å². The molecule has 17 heteroatoms. The molecule has 4 N–H and O–H groups in total. The van der Waals surface area contributed by atoms with Gasteiger partial charge in [0, 0.05) is 87.7 Å². The van der Waals surface area contributed by atoms with Crippen LogP contribution in [0.3, 0.4) is 0 Å². The molecule has 4 amide bonds. The van der Waals surface area contributed by atoms with E-state index in [1.807, 2.05) is 41.1 Å². The van der Waals surface area contributed by atoms with Crippen LogP contribution < -0.4 is 30.9 Å². The molecular weight excluding hydrogens is 818 g/mol. The van der Waals surface area contributed by atoms with Crippen molar-refractivity contribution < 1.29 is 28.3 Å². The first-order valence-electron chi connectivity index (χ1n) is 21.4. The average Bonchev–Trinajstić information content (AvgIpc) is 3.83. The number of nitrogen functional groups attached to an aromatic ring is 1. The van der Waals surface area contributed by atoms with Crippen LogP contribution in [-0.2, 0) is 29.2 Å². The van der Waals surface area contributed by atoms with Crippen molar-refractivity contribution in [1.82, 2.24) is 40.2 Å². The fourth-order valence-electron chi connectivity index (χ4n) is 9.22. The number of carbonyl (C=O) groups is 4. The van der Waals surface area contributed by atoms with Crippen molar-refractivity contribution >= 4 is 51.9 Å². The fraction of sp³-hybridized carbons (Fsp3) is 0.298. The molecule has 16 nitrogen and oxygen atoms in total. The fourth-order valence-corrected chi connectivity index (χ4v) is 9.22. The second-order valence-corrected chi connectivity index (χ2v) is 16.6. The Morgan fingerprint density at radius 2 is 1.64 bits per heavy atom. The SMILES string of the molecule is COc1ccc(F)cc1C(=O)NCc1ccc(-c2nn([C@H]3CCN3c3ccc(CN4CCN(c5ccc6c(c5)CN(C5CCC(=O)NC5=O)C6=O)CC4)cc3)c3ncnc(N)c23)cc1. The summed E-state index contributed by atoms with van der Waals surface area (Å²) in [6, 6.07) is 25.5. The predicted molar refractivity (Wildman–Crippen MR) is 237 cm³/mol. The quantitative estimate of drug-likeness (QED) is 0.154. The number of amides is 4. The topological polar surface area (TPSA) is 184 Å². The maximum absolute atomic E-state index is 13.9. The maximum atomic E-state index is 13.9. The molecule has 0 aliphatic carbocycles. The summed E-state index contributed by atoms with van der Waals surface area (Å²) in [7, 11) is 1.44. The van der Waals surface area contributed by atoms with Crippen molar-refractivity contribution in [2.75, 3.05) is 55.4 Å². The molecule has 0 radical (unpaired) electrons. The minimum atomic E-state index is -0.624. The number of nitrogens with one attached hydrogen (secondary N) is 2.